The predicted octanol–water partition coefficient (Wildman–Crippen LogP) is 0.967. The van der Waals surface area contributed by atoms with Crippen LogP contribution in [0.25, 0.3) is 0 Å². The van der Waals surface area contributed by atoms with Crippen molar-refractivity contribution in [3.63, 3.8) is 0 Å². The fraction of sp³-hybridized carbons (Fsp3) is 0.875. The molecule has 0 aromatic heterocycles. The number of nitrogens with zero attached hydrogens (tertiary/aromatic N) is 6. The number of aliphatic imine (C=N–C) groups is 2. The van der Waals surface area contributed by atoms with E-state index in [1.807, 2.05) is 0 Å². The second-order valence-corrected chi connectivity index (χ2v) is 6.35. The lowest BCUT2D eigenvalue weighted by Gasteiger charge is -2.23. The number of rotatable bonds is 10. The van der Waals surface area contributed by atoms with Crippen molar-refractivity contribution in [1.82, 2.24) is 9.80 Å². The van der Waals surface area contributed by atoms with Crippen LogP contribution < -0.4 is 0 Å². The summed E-state index contributed by atoms with van der Waals surface area (Å²) in [6.07, 6.45) is 0. The third kappa shape index (κ3) is 6.98. The number of aliphatic hydroxyl groups is 2. The highest BCUT2D eigenvalue weighted by atomic mass is 35.5. The van der Waals surface area contributed by atoms with Gasteiger partial charge >= 0.3 is 0 Å². The molecule has 0 spiro atoms. The average molecular weight is 411 g/mol. The summed E-state index contributed by atoms with van der Waals surface area (Å²) in [6, 6.07) is 0. The Hall–Kier alpha value is -0.960. The third-order valence-corrected chi connectivity index (χ3v) is 4.37. The van der Waals surface area contributed by atoms with Crippen LogP contribution in [0, 0.1) is 11.8 Å². The zero-order chi connectivity index (χ0) is 17.4. The molecule has 2 aliphatic rings. The lowest BCUT2D eigenvalue weighted by Crippen LogP contribution is -2.35. The Morgan fingerprint density at radius 2 is 1.23 bits per heavy atom. The molecule has 0 aromatic carbocycles. The Morgan fingerprint density at radius 1 is 0.846 bits per heavy atom. The molecule has 0 saturated carbocycles. The van der Waals surface area contributed by atoms with Gasteiger partial charge in [0.05, 0.1) is 39.4 Å². The van der Waals surface area contributed by atoms with Gasteiger partial charge < -0.3 is 20.0 Å². The molecule has 10 heteroatoms. The van der Waals surface area contributed by atoms with E-state index >= 15 is 0 Å². The van der Waals surface area contributed by atoms with Crippen LogP contribution in [0.1, 0.15) is 13.8 Å². The van der Waals surface area contributed by atoms with Gasteiger partial charge in [0.1, 0.15) is 11.7 Å². The Morgan fingerprint density at radius 3 is 1.58 bits per heavy atom. The van der Waals surface area contributed by atoms with E-state index in [-0.39, 0.29) is 49.9 Å². The van der Waals surface area contributed by atoms with Crippen molar-refractivity contribution >= 4 is 36.5 Å². The van der Waals surface area contributed by atoms with Crippen molar-refractivity contribution in [2.24, 2.45) is 32.0 Å². The number of β-amino-alcohol motifs (C(OH)–C–C–N with tert-alkyl or cyclic N) is 2. The largest absolute Gasteiger partial charge is 0.395 e. The highest BCUT2D eigenvalue weighted by Crippen LogP contribution is 2.13. The summed E-state index contributed by atoms with van der Waals surface area (Å²) in [4.78, 5) is 13.3. The molecule has 0 bridgehead atoms. The second-order valence-electron chi connectivity index (χ2n) is 6.35. The maximum atomic E-state index is 9.10. The van der Waals surface area contributed by atoms with Crippen molar-refractivity contribution in [2.75, 3.05) is 65.6 Å². The molecule has 2 rings (SSSR count). The summed E-state index contributed by atoms with van der Waals surface area (Å²) in [5.41, 5.74) is 0. The molecule has 8 nitrogen and oxygen atoms in total. The van der Waals surface area contributed by atoms with Crippen LogP contribution in [0.2, 0.25) is 0 Å². The highest BCUT2D eigenvalue weighted by Gasteiger charge is 2.23. The maximum Gasteiger partial charge on any atom is 0.104 e. The van der Waals surface area contributed by atoms with Crippen LogP contribution in [-0.4, -0.2) is 97.3 Å². The van der Waals surface area contributed by atoms with Gasteiger partial charge in [-0.15, -0.1) is 24.8 Å². The van der Waals surface area contributed by atoms with Gasteiger partial charge in [0, 0.05) is 38.0 Å². The molecule has 2 aliphatic heterocycles. The number of aliphatic hydroxyl groups excluding tert-OH is 2. The minimum Gasteiger partial charge on any atom is -0.395 e. The van der Waals surface area contributed by atoms with Crippen LogP contribution >= 0.6 is 24.8 Å². The van der Waals surface area contributed by atoms with Crippen LogP contribution in [0.5, 0.6) is 0 Å². The van der Waals surface area contributed by atoms with E-state index < -0.39 is 0 Å². The van der Waals surface area contributed by atoms with Gasteiger partial charge in [-0.2, -0.15) is 10.2 Å². The van der Waals surface area contributed by atoms with Crippen molar-refractivity contribution in [2.45, 2.75) is 13.8 Å². The van der Waals surface area contributed by atoms with Crippen LogP contribution in [-0.2, 0) is 0 Å². The minimum atomic E-state index is 0. The van der Waals surface area contributed by atoms with Gasteiger partial charge in [-0.25, -0.2) is 0 Å². The average Bonchev–Trinajstić information content (AvgIpc) is 3.21. The van der Waals surface area contributed by atoms with Crippen molar-refractivity contribution < 1.29 is 10.2 Å². The number of azo groups is 1. The second kappa shape index (κ2) is 13.2. The summed E-state index contributed by atoms with van der Waals surface area (Å²) in [6.45, 7) is 10.4. The standard InChI is InChI=1S/C16H30N6O2.2ClH/c1-13(15-17-3-5-21(15)7-9-23)11-19-20-12-14(2)16-18-4-6-22(16)8-10-24;;/h13-14,23-24H,3-12H2,1-2H3;2*1H. The van der Waals surface area contributed by atoms with E-state index in [0.717, 1.165) is 37.9 Å². The monoisotopic (exact) mass is 410 g/mol. The molecular weight excluding hydrogens is 379 g/mol. The molecule has 26 heavy (non-hydrogen) atoms. The van der Waals surface area contributed by atoms with Gasteiger partial charge in [-0.1, -0.05) is 13.8 Å². The molecule has 0 saturated heterocycles. The van der Waals surface area contributed by atoms with E-state index in [4.69, 9.17) is 10.2 Å². The van der Waals surface area contributed by atoms with Gasteiger partial charge in [-0.3, -0.25) is 9.98 Å². The van der Waals surface area contributed by atoms with Crippen molar-refractivity contribution in [3.8, 4) is 0 Å². The molecule has 2 heterocycles. The first-order valence-electron chi connectivity index (χ1n) is 8.81. The molecule has 0 amide bonds. The lowest BCUT2D eigenvalue weighted by molar-refractivity contribution is 0.253. The van der Waals surface area contributed by atoms with E-state index in [9.17, 15) is 0 Å². The fourth-order valence-corrected chi connectivity index (χ4v) is 3.15. The van der Waals surface area contributed by atoms with Crippen LogP contribution in [0.3, 0.4) is 0 Å². The summed E-state index contributed by atoms with van der Waals surface area (Å²) in [5, 5.41) is 26.8. The molecule has 0 aromatic rings. The molecule has 0 radical (unpaired) electrons. The first-order chi connectivity index (χ1) is 11.7. The zero-order valence-electron chi connectivity index (χ0n) is 15.6. The molecule has 2 unspecified atom stereocenters. The molecule has 2 N–H and O–H groups in total. The van der Waals surface area contributed by atoms with Crippen LogP contribution in [0.4, 0.5) is 0 Å². The molecule has 0 aliphatic carbocycles. The van der Waals surface area contributed by atoms with Gasteiger partial charge in [-0.05, 0) is 0 Å². The first kappa shape index (κ1) is 25.0. The molecule has 152 valence electrons. The number of hydrogen-bond acceptors (Lipinski definition) is 8. The maximum absolute atomic E-state index is 9.10. The Labute approximate surface area is 168 Å². The van der Waals surface area contributed by atoms with Crippen molar-refractivity contribution in [3.05, 3.63) is 0 Å². The van der Waals surface area contributed by atoms with Gasteiger partial charge in [0.15, 0.2) is 0 Å². The Bertz CT molecular complexity index is 447. The number of amidine groups is 2. The zero-order valence-corrected chi connectivity index (χ0v) is 17.3. The molecular formula is C16H32Cl2N6O2. The highest BCUT2D eigenvalue weighted by molar-refractivity contribution is 5.86. The Kier molecular flexibility index (Phi) is 12.8. The topological polar surface area (TPSA) is 96.4 Å². The minimum absolute atomic E-state index is 0. The van der Waals surface area contributed by atoms with Gasteiger partial charge in [0.25, 0.3) is 0 Å². The third-order valence-electron chi connectivity index (χ3n) is 4.37. The Balaban J connectivity index is 0.00000312. The predicted molar refractivity (Wildman–Crippen MR) is 109 cm³/mol. The summed E-state index contributed by atoms with van der Waals surface area (Å²) in [7, 11) is 0. The van der Waals surface area contributed by atoms with E-state index in [0.29, 0.717) is 26.2 Å². The number of hydrogen-bond donors (Lipinski definition) is 2. The summed E-state index contributed by atoms with van der Waals surface area (Å²) < 4.78 is 0. The van der Waals surface area contributed by atoms with Gasteiger partial charge in [0.2, 0.25) is 0 Å². The lowest BCUT2D eigenvalue weighted by atomic mass is 10.1. The molecule has 2 atom stereocenters. The summed E-state index contributed by atoms with van der Waals surface area (Å²) in [5.74, 6) is 2.50. The van der Waals surface area contributed by atoms with E-state index in [1.165, 1.54) is 0 Å². The first-order valence-corrected chi connectivity index (χ1v) is 8.81. The van der Waals surface area contributed by atoms with Crippen LogP contribution in [0.15, 0.2) is 20.2 Å². The summed E-state index contributed by atoms with van der Waals surface area (Å²) >= 11 is 0. The van der Waals surface area contributed by atoms with E-state index in [2.05, 4.69) is 43.9 Å². The normalized spacial score (nSPS) is 19.1. The SMILES string of the molecule is CC(CN=NCC(C)C1=NCCN1CCO)C1=NCCN1CCO.Cl.Cl. The fourth-order valence-electron chi connectivity index (χ4n) is 3.15. The van der Waals surface area contributed by atoms with E-state index in [1.54, 1.807) is 0 Å². The smallest absolute Gasteiger partial charge is 0.104 e. The van der Waals surface area contributed by atoms with Crippen molar-refractivity contribution in [1.29, 1.82) is 0 Å². The molecule has 0 fully saturated rings. The quantitative estimate of drug-likeness (QED) is 0.524. The number of halogens is 2.